The highest BCUT2D eigenvalue weighted by atomic mass is 16.5. The van der Waals surface area contributed by atoms with Crippen molar-refractivity contribution in [1.29, 1.82) is 0 Å². The van der Waals surface area contributed by atoms with Crippen LogP contribution in [-0.2, 0) is 0 Å². The van der Waals surface area contributed by atoms with Gasteiger partial charge in [-0.2, -0.15) is 0 Å². The molecule has 0 bridgehead atoms. The number of azo groups is 1. The zero-order valence-electron chi connectivity index (χ0n) is 15.5. The average Bonchev–Trinajstić information content (AvgIpc) is 3.06. The molecule has 5 heteroatoms. The number of rotatable bonds is 4. The quantitative estimate of drug-likeness (QED) is 0.418. The smallest absolute Gasteiger partial charge is 0.187 e. The van der Waals surface area contributed by atoms with Crippen LogP contribution in [0, 0.1) is 13.8 Å². The lowest BCUT2D eigenvalue weighted by molar-refractivity contribution is 0.412. The van der Waals surface area contributed by atoms with E-state index in [0.717, 1.165) is 39.5 Å². The van der Waals surface area contributed by atoms with Gasteiger partial charge in [0.1, 0.15) is 17.1 Å². The molecule has 0 amide bonds. The molecule has 2 heterocycles. The monoisotopic (exact) mass is 356 g/mol. The van der Waals surface area contributed by atoms with Gasteiger partial charge in [-0.05, 0) is 61.4 Å². The van der Waals surface area contributed by atoms with Crippen LogP contribution in [0.3, 0.4) is 0 Å². The van der Waals surface area contributed by atoms with Crippen LogP contribution in [0.25, 0.3) is 16.9 Å². The Morgan fingerprint density at radius 3 is 2.48 bits per heavy atom. The zero-order chi connectivity index (χ0) is 18.8. The minimum absolute atomic E-state index is 0.707. The summed E-state index contributed by atoms with van der Waals surface area (Å²) >= 11 is 0. The van der Waals surface area contributed by atoms with E-state index in [1.807, 2.05) is 79.0 Å². The predicted octanol–water partition coefficient (Wildman–Crippen LogP) is 6.04. The number of hydrogen-bond donors (Lipinski definition) is 0. The summed E-state index contributed by atoms with van der Waals surface area (Å²) in [6.07, 6.45) is 1.95. The number of imidazole rings is 1. The second-order valence-corrected chi connectivity index (χ2v) is 6.38. The van der Waals surface area contributed by atoms with E-state index in [1.165, 1.54) is 0 Å². The topological polar surface area (TPSA) is 51.2 Å². The van der Waals surface area contributed by atoms with Crippen molar-refractivity contribution in [2.24, 2.45) is 10.2 Å². The number of pyridine rings is 1. The number of ether oxygens (including phenoxy) is 1. The van der Waals surface area contributed by atoms with E-state index in [1.54, 1.807) is 7.11 Å². The molecule has 4 rings (SSSR count). The zero-order valence-corrected chi connectivity index (χ0v) is 15.5. The Hall–Kier alpha value is -3.47. The fourth-order valence-electron chi connectivity index (χ4n) is 3.07. The van der Waals surface area contributed by atoms with Crippen LogP contribution in [0.1, 0.15) is 11.1 Å². The van der Waals surface area contributed by atoms with Gasteiger partial charge < -0.3 is 4.74 Å². The first-order valence-electron chi connectivity index (χ1n) is 8.77. The Morgan fingerprint density at radius 1 is 0.889 bits per heavy atom. The minimum atomic E-state index is 0.707. The first-order chi connectivity index (χ1) is 13.2. The van der Waals surface area contributed by atoms with Crippen LogP contribution in [0.15, 0.2) is 77.1 Å². The molecule has 0 atom stereocenters. The SMILES string of the molecule is COc1ccc(-c2nc3ccccn3c2N=Nc2ccccc2C)cc1C. The lowest BCUT2D eigenvalue weighted by Crippen LogP contribution is -1.88. The molecule has 0 radical (unpaired) electrons. The Kier molecular flexibility index (Phi) is 4.42. The van der Waals surface area contributed by atoms with Crippen LogP contribution in [-0.4, -0.2) is 16.5 Å². The van der Waals surface area contributed by atoms with Gasteiger partial charge in [-0.15, -0.1) is 10.2 Å². The third-order valence-electron chi connectivity index (χ3n) is 4.54. The number of aryl methyl sites for hydroxylation is 2. The molecule has 2 aromatic carbocycles. The Labute approximate surface area is 158 Å². The molecule has 0 N–H and O–H groups in total. The van der Waals surface area contributed by atoms with Crippen molar-refractivity contribution >= 4 is 17.2 Å². The normalized spacial score (nSPS) is 11.4. The van der Waals surface area contributed by atoms with Crippen LogP contribution >= 0.6 is 0 Å². The molecule has 27 heavy (non-hydrogen) atoms. The number of methoxy groups -OCH3 is 1. The molecular formula is C22H20N4O. The second-order valence-electron chi connectivity index (χ2n) is 6.38. The van der Waals surface area contributed by atoms with Gasteiger partial charge >= 0.3 is 0 Å². The van der Waals surface area contributed by atoms with Gasteiger partial charge in [-0.3, -0.25) is 4.40 Å². The number of hydrogen-bond acceptors (Lipinski definition) is 4. The molecule has 0 spiro atoms. The maximum absolute atomic E-state index is 5.38. The van der Waals surface area contributed by atoms with Crippen molar-refractivity contribution in [1.82, 2.24) is 9.38 Å². The lowest BCUT2D eigenvalue weighted by Gasteiger charge is -2.06. The third kappa shape index (κ3) is 3.19. The molecular weight excluding hydrogens is 336 g/mol. The maximum Gasteiger partial charge on any atom is 0.187 e. The van der Waals surface area contributed by atoms with Crippen LogP contribution in [0.4, 0.5) is 11.5 Å². The van der Waals surface area contributed by atoms with Crippen LogP contribution < -0.4 is 4.74 Å². The third-order valence-corrected chi connectivity index (χ3v) is 4.54. The van der Waals surface area contributed by atoms with E-state index in [-0.39, 0.29) is 0 Å². The summed E-state index contributed by atoms with van der Waals surface area (Å²) < 4.78 is 7.33. The lowest BCUT2D eigenvalue weighted by atomic mass is 10.1. The first kappa shape index (κ1) is 17.0. The second kappa shape index (κ2) is 7.03. The van der Waals surface area contributed by atoms with E-state index in [2.05, 4.69) is 16.3 Å². The number of aromatic nitrogens is 2. The van der Waals surface area contributed by atoms with E-state index >= 15 is 0 Å². The highest BCUT2D eigenvalue weighted by Crippen LogP contribution is 2.34. The minimum Gasteiger partial charge on any atom is -0.496 e. The van der Waals surface area contributed by atoms with E-state index < -0.39 is 0 Å². The van der Waals surface area contributed by atoms with Crippen molar-refractivity contribution < 1.29 is 4.74 Å². The standard InChI is InChI=1S/C22H20N4O/c1-15-8-4-5-9-18(15)24-25-22-21(23-20-10-6-7-13-26(20)22)17-11-12-19(27-3)16(2)14-17/h4-14H,1-3H3. The molecule has 5 nitrogen and oxygen atoms in total. The highest BCUT2D eigenvalue weighted by Gasteiger charge is 2.15. The van der Waals surface area contributed by atoms with Crippen molar-refractivity contribution in [2.45, 2.75) is 13.8 Å². The fraction of sp³-hybridized carbons (Fsp3) is 0.136. The van der Waals surface area contributed by atoms with Crippen molar-refractivity contribution in [3.8, 4) is 17.0 Å². The van der Waals surface area contributed by atoms with Crippen LogP contribution in [0.5, 0.6) is 5.75 Å². The van der Waals surface area contributed by atoms with Gasteiger partial charge in [-0.25, -0.2) is 4.98 Å². The van der Waals surface area contributed by atoms with Gasteiger partial charge in [0.15, 0.2) is 5.82 Å². The fourth-order valence-corrected chi connectivity index (χ4v) is 3.07. The van der Waals surface area contributed by atoms with Crippen molar-refractivity contribution in [3.05, 3.63) is 78.0 Å². The number of fused-ring (bicyclic) bond motifs is 1. The van der Waals surface area contributed by atoms with Crippen molar-refractivity contribution in [2.75, 3.05) is 7.11 Å². The molecule has 0 fully saturated rings. The summed E-state index contributed by atoms with van der Waals surface area (Å²) in [5.41, 5.74) is 5.59. The largest absolute Gasteiger partial charge is 0.496 e. The van der Waals surface area contributed by atoms with Gasteiger partial charge in [-0.1, -0.05) is 24.3 Å². The van der Waals surface area contributed by atoms with Gasteiger partial charge in [0, 0.05) is 11.8 Å². The molecule has 0 aliphatic heterocycles. The Balaban J connectivity index is 1.87. The maximum atomic E-state index is 5.38. The summed E-state index contributed by atoms with van der Waals surface area (Å²) in [6, 6.07) is 19.9. The van der Waals surface area contributed by atoms with Gasteiger partial charge in [0.2, 0.25) is 0 Å². The first-order valence-corrected chi connectivity index (χ1v) is 8.77. The van der Waals surface area contributed by atoms with Crippen molar-refractivity contribution in [3.63, 3.8) is 0 Å². The molecule has 0 saturated carbocycles. The molecule has 0 aliphatic rings. The highest BCUT2D eigenvalue weighted by molar-refractivity contribution is 5.75. The summed E-state index contributed by atoms with van der Waals surface area (Å²) in [4.78, 5) is 4.78. The molecule has 4 aromatic rings. The summed E-state index contributed by atoms with van der Waals surface area (Å²) in [5.74, 6) is 1.56. The van der Waals surface area contributed by atoms with E-state index in [9.17, 15) is 0 Å². The molecule has 2 aromatic heterocycles. The van der Waals surface area contributed by atoms with Gasteiger partial charge in [0.05, 0.1) is 12.8 Å². The summed E-state index contributed by atoms with van der Waals surface area (Å²) in [6.45, 7) is 4.04. The molecule has 0 unspecified atom stereocenters. The summed E-state index contributed by atoms with van der Waals surface area (Å²) in [5, 5.41) is 9.05. The van der Waals surface area contributed by atoms with Crippen LogP contribution in [0.2, 0.25) is 0 Å². The van der Waals surface area contributed by atoms with E-state index in [4.69, 9.17) is 9.72 Å². The Morgan fingerprint density at radius 2 is 1.70 bits per heavy atom. The number of benzene rings is 2. The molecule has 0 saturated heterocycles. The molecule has 0 aliphatic carbocycles. The average molecular weight is 356 g/mol. The number of nitrogens with zero attached hydrogens (tertiary/aromatic N) is 4. The predicted molar refractivity (Wildman–Crippen MR) is 107 cm³/mol. The summed E-state index contributed by atoms with van der Waals surface area (Å²) in [7, 11) is 1.68. The van der Waals surface area contributed by atoms with Gasteiger partial charge in [0.25, 0.3) is 0 Å². The molecule has 134 valence electrons. The Bertz CT molecular complexity index is 1140. The van der Waals surface area contributed by atoms with E-state index in [0.29, 0.717) is 5.82 Å².